The van der Waals surface area contributed by atoms with Gasteiger partial charge in [0.25, 0.3) is 0 Å². The second-order valence-electron chi connectivity index (χ2n) is 3.52. The summed E-state index contributed by atoms with van der Waals surface area (Å²) < 4.78 is 10.6. The Morgan fingerprint density at radius 1 is 1.12 bits per heavy atom. The molecule has 1 heterocycles. The first-order chi connectivity index (χ1) is 8.26. The van der Waals surface area contributed by atoms with Crippen molar-refractivity contribution in [3.8, 4) is 22.8 Å². The number of nitrogens with zero attached hydrogens (tertiary/aromatic N) is 1. The minimum absolute atomic E-state index is 0.660. The molecule has 0 aliphatic rings. The molecule has 0 fully saturated rings. The summed E-state index contributed by atoms with van der Waals surface area (Å²) >= 11 is 0. The van der Waals surface area contributed by atoms with Crippen LogP contribution in [-0.4, -0.2) is 19.2 Å². The molecule has 17 heavy (non-hydrogen) atoms. The minimum Gasteiger partial charge on any atom is -0.493 e. The van der Waals surface area contributed by atoms with Gasteiger partial charge >= 0.3 is 0 Å². The Kier molecular flexibility index (Phi) is 3.14. The Labute approximate surface area is 100 Å². The molecule has 4 heteroatoms. The van der Waals surface area contributed by atoms with Crippen molar-refractivity contribution in [3.63, 3.8) is 0 Å². The molecule has 4 nitrogen and oxygen atoms in total. The molecule has 0 aliphatic heterocycles. The average Bonchev–Trinajstić information content (AvgIpc) is 2.37. The molecule has 2 rings (SSSR count). The number of para-hydroxylation sites is 1. The van der Waals surface area contributed by atoms with Gasteiger partial charge in [0.2, 0.25) is 0 Å². The Bertz CT molecular complexity index is 527. The minimum atomic E-state index is 0.660. The van der Waals surface area contributed by atoms with Crippen molar-refractivity contribution in [1.82, 2.24) is 4.98 Å². The van der Waals surface area contributed by atoms with E-state index in [-0.39, 0.29) is 0 Å². The predicted molar refractivity (Wildman–Crippen MR) is 67.2 cm³/mol. The lowest BCUT2D eigenvalue weighted by Crippen LogP contribution is -1.95. The van der Waals surface area contributed by atoms with Crippen LogP contribution in [0.25, 0.3) is 11.3 Å². The first-order valence-corrected chi connectivity index (χ1v) is 5.19. The summed E-state index contributed by atoms with van der Waals surface area (Å²) in [5.41, 5.74) is 8.04. The summed E-state index contributed by atoms with van der Waals surface area (Å²) in [7, 11) is 3.21. The van der Waals surface area contributed by atoms with Gasteiger partial charge in [-0.1, -0.05) is 6.07 Å². The van der Waals surface area contributed by atoms with Crippen molar-refractivity contribution >= 4 is 5.69 Å². The first-order valence-electron chi connectivity index (χ1n) is 5.19. The van der Waals surface area contributed by atoms with Crippen LogP contribution < -0.4 is 15.2 Å². The van der Waals surface area contributed by atoms with Crippen LogP contribution in [0.4, 0.5) is 5.69 Å². The van der Waals surface area contributed by atoms with E-state index < -0.39 is 0 Å². The summed E-state index contributed by atoms with van der Waals surface area (Å²) in [5.74, 6) is 1.34. The van der Waals surface area contributed by atoms with Gasteiger partial charge in [-0.05, 0) is 24.3 Å². The molecule has 0 atom stereocenters. The van der Waals surface area contributed by atoms with Crippen molar-refractivity contribution in [2.24, 2.45) is 0 Å². The van der Waals surface area contributed by atoms with Crippen molar-refractivity contribution in [1.29, 1.82) is 0 Å². The number of rotatable bonds is 3. The highest BCUT2D eigenvalue weighted by molar-refractivity contribution is 5.72. The number of aromatic nitrogens is 1. The Morgan fingerprint density at radius 2 is 1.94 bits per heavy atom. The number of nitrogens with two attached hydrogens (primary N) is 1. The molecular formula is C13H14N2O2. The summed E-state index contributed by atoms with van der Waals surface area (Å²) in [6.07, 6.45) is 1.67. The Hall–Kier alpha value is -2.23. The standard InChI is InChI=1S/C13H14N2O2/c1-16-12-5-3-4-10(13(12)17-2)11-8-9(14)6-7-15-11/h3-8H,1-2H3,(H2,14,15). The molecule has 0 aliphatic carbocycles. The number of nitrogen functional groups attached to an aromatic ring is 1. The molecular weight excluding hydrogens is 216 g/mol. The van der Waals surface area contributed by atoms with Crippen molar-refractivity contribution in [2.75, 3.05) is 20.0 Å². The second kappa shape index (κ2) is 4.74. The van der Waals surface area contributed by atoms with Gasteiger partial charge in [0.05, 0.1) is 19.9 Å². The quantitative estimate of drug-likeness (QED) is 0.879. The molecule has 2 N–H and O–H groups in total. The fourth-order valence-electron chi connectivity index (χ4n) is 1.68. The summed E-state index contributed by atoms with van der Waals surface area (Å²) in [6.45, 7) is 0. The fraction of sp³-hybridized carbons (Fsp3) is 0.154. The van der Waals surface area contributed by atoms with Crippen LogP contribution in [0.3, 0.4) is 0 Å². The van der Waals surface area contributed by atoms with Gasteiger partial charge < -0.3 is 15.2 Å². The second-order valence-corrected chi connectivity index (χ2v) is 3.52. The van der Waals surface area contributed by atoms with E-state index in [4.69, 9.17) is 15.2 Å². The maximum atomic E-state index is 5.75. The van der Waals surface area contributed by atoms with Gasteiger partial charge in [-0.2, -0.15) is 0 Å². The van der Waals surface area contributed by atoms with Crippen molar-refractivity contribution in [2.45, 2.75) is 0 Å². The molecule has 0 bridgehead atoms. The van der Waals surface area contributed by atoms with E-state index in [9.17, 15) is 0 Å². The monoisotopic (exact) mass is 230 g/mol. The molecule has 0 spiro atoms. The summed E-state index contributed by atoms with van der Waals surface area (Å²) in [5, 5.41) is 0. The number of hydrogen-bond donors (Lipinski definition) is 1. The van der Waals surface area contributed by atoms with Gasteiger partial charge in [-0.25, -0.2) is 0 Å². The third kappa shape index (κ3) is 2.15. The van der Waals surface area contributed by atoms with Crippen LogP contribution in [0.2, 0.25) is 0 Å². The molecule has 0 saturated heterocycles. The number of pyridine rings is 1. The maximum absolute atomic E-state index is 5.75. The third-order valence-electron chi connectivity index (χ3n) is 2.46. The van der Waals surface area contributed by atoms with Gasteiger partial charge in [0, 0.05) is 17.4 Å². The summed E-state index contributed by atoms with van der Waals surface area (Å²) in [4.78, 5) is 4.28. The van der Waals surface area contributed by atoms with Gasteiger partial charge in [0.15, 0.2) is 11.5 Å². The molecule has 0 radical (unpaired) electrons. The Morgan fingerprint density at radius 3 is 2.59 bits per heavy atom. The maximum Gasteiger partial charge on any atom is 0.170 e. The highest BCUT2D eigenvalue weighted by Gasteiger charge is 2.12. The zero-order chi connectivity index (χ0) is 12.3. The molecule has 0 unspecified atom stereocenters. The van der Waals surface area contributed by atoms with Crippen molar-refractivity contribution < 1.29 is 9.47 Å². The normalized spacial score (nSPS) is 10.0. The van der Waals surface area contributed by atoms with E-state index in [2.05, 4.69) is 4.98 Å². The lowest BCUT2D eigenvalue weighted by atomic mass is 10.1. The number of methoxy groups -OCH3 is 2. The first kappa shape index (κ1) is 11.3. The van der Waals surface area contributed by atoms with E-state index in [1.165, 1.54) is 0 Å². The fourth-order valence-corrected chi connectivity index (χ4v) is 1.68. The number of hydrogen-bond acceptors (Lipinski definition) is 4. The van der Waals surface area contributed by atoms with Crippen LogP contribution in [-0.2, 0) is 0 Å². The molecule has 1 aromatic heterocycles. The van der Waals surface area contributed by atoms with E-state index in [1.807, 2.05) is 18.2 Å². The van der Waals surface area contributed by atoms with Crippen LogP contribution in [0.1, 0.15) is 0 Å². The van der Waals surface area contributed by atoms with Crippen LogP contribution in [0.5, 0.6) is 11.5 Å². The van der Waals surface area contributed by atoms with E-state index in [0.29, 0.717) is 17.2 Å². The smallest absolute Gasteiger partial charge is 0.170 e. The van der Waals surface area contributed by atoms with Crippen LogP contribution >= 0.6 is 0 Å². The highest BCUT2D eigenvalue weighted by Crippen LogP contribution is 2.37. The molecule has 88 valence electrons. The molecule has 2 aromatic rings. The Balaban J connectivity index is 2.59. The number of benzene rings is 1. The van der Waals surface area contributed by atoms with E-state index >= 15 is 0 Å². The largest absolute Gasteiger partial charge is 0.493 e. The van der Waals surface area contributed by atoms with Gasteiger partial charge in [0.1, 0.15) is 0 Å². The number of anilines is 1. The van der Waals surface area contributed by atoms with Crippen LogP contribution in [0.15, 0.2) is 36.5 Å². The zero-order valence-electron chi connectivity index (χ0n) is 9.81. The third-order valence-corrected chi connectivity index (χ3v) is 2.46. The lowest BCUT2D eigenvalue weighted by Gasteiger charge is -2.12. The zero-order valence-corrected chi connectivity index (χ0v) is 9.81. The molecule has 1 aromatic carbocycles. The van der Waals surface area contributed by atoms with Crippen molar-refractivity contribution in [3.05, 3.63) is 36.5 Å². The average molecular weight is 230 g/mol. The van der Waals surface area contributed by atoms with E-state index in [0.717, 1.165) is 11.3 Å². The van der Waals surface area contributed by atoms with E-state index in [1.54, 1.807) is 32.5 Å². The highest BCUT2D eigenvalue weighted by atomic mass is 16.5. The molecule has 0 amide bonds. The topological polar surface area (TPSA) is 57.4 Å². The lowest BCUT2D eigenvalue weighted by molar-refractivity contribution is 0.356. The SMILES string of the molecule is COc1cccc(-c2cc(N)ccn2)c1OC. The van der Waals surface area contributed by atoms with Gasteiger partial charge in [-0.15, -0.1) is 0 Å². The van der Waals surface area contributed by atoms with Gasteiger partial charge in [-0.3, -0.25) is 4.98 Å². The molecule has 0 saturated carbocycles. The van der Waals surface area contributed by atoms with Crippen LogP contribution in [0, 0.1) is 0 Å². The predicted octanol–water partition coefficient (Wildman–Crippen LogP) is 2.35. The number of ether oxygens (including phenoxy) is 2. The summed E-state index contributed by atoms with van der Waals surface area (Å²) in [6, 6.07) is 9.20.